The van der Waals surface area contributed by atoms with E-state index in [1.165, 1.54) is 26.1 Å². The molecule has 0 aliphatic rings. The van der Waals surface area contributed by atoms with Gasteiger partial charge in [-0.25, -0.2) is 9.18 Å². The van der Waals surface area contributed by atoms with Gasteiger partial charge in [0, 0.05) is 12.6 Å². The van der Waals surface area contributed by atoms with E-state index < -0.39 is 11.5 Å². The molecule has 2 aromatic rings. The van der Waals surface area contributed by atoms with Crippen LogP contribution in [0.1, 0.15) is 11.1 Å². The number of aliphatic hydroxyl groups is 1. The summed E-state index contributed by atoms with van der Waals surface area (Å²) in [6, 6.07) is 2.62. The number of aromatic nitrogens is 4. The van der Waals surface area contributed by atoms with Crippen LogP contribution in [-0.2, 0) is 13.7 Å². The van der Waals surface area contributed by atoms with Crippen LogP contribution in [-0.4, -0.2) is 24.9 Å². The number of nitrogens with zero attached hydrogens (tertiary/aromatic N) is 4. The summed E-state index contributed by atoms with van der Waals surface area (Å²) < 4.78 is 15.4. The van der Waals surface area contributed by atoms with Gasteiger partial charge in [0.05, 0.1) is 12.3 Å². The molecule has 6 nitrogen and oxygen atoms in total. The number of aryl methyl sites for hydroxylation is 1. The van der Waals surface area contributed by atoms with E-state index in [9.17, 15) is 14.3 Å². The standard InChI is InChI=1S/C10H11FN4O2/c1-6-7(5-16)9(4-3-8(6)11)15-10(17)14(2)12-13-15/h3-4,16H,5H2,1-2H3. The Kier molecular flexibility index (Phi) is 2.76. The van der Waals surface area contributed by atoms with E-state index in [1.54, 1.807) is 0 Å². The SMILES string of the molecule is Cc1c(F)ccc(-n2nnn(C)c2=O)c1CO. The van der Waals surface area contributed by atoms with Gasteiger partial charge in [0.2, 0.25) is 0 Å². The molecule has 1 heterocycles. The maximum Gasteiger partial charge on any atom is 0.368 e. The second-order valence-electron chi connectivity index (χ2n) is 3.63. The van der Waals surface area contributed by atoms with Gasteiger partial charge in [-0.2, -0.15) is 9.36 Å². The van der Waals surface area contributed by atoms with Gasteiger partial charge in [-0.15, -0.1) is 0 Å². The number of hydrogen-bond donors (Lipinski definition) is 1. The third-order valence-electron chi connectivity index (χ3n) is 2.62. The number of halogens is 1. The Hall–Kier alpha value is -2.02. The van der Waals surface area contributed by atoms with Crippen LogP contribution in [0, 0.1) is 12.7 Å². The predicted molar refractivity (Wildman–Crippen MR) is 57.2 cm³/mol. The first kappa shape index (κ1) is 11.5. The molecule has 0 amide bonds. The van der Waals surface area contributed by atoms with Crippen molar-refractivity contribution in [2.75, 3.05) is 0 Å². The number of benzene rings is 1. The van der Waals surface area contributed by atoms with Crippen LogP contribution in [0.25, 0.3) is 5.69 Å². The summed E-state index contributed by atoms with van der Waals surface area (Å²) in [5.74, 6) is -0.435. The third-order valence-corrected chi connectivity index (χ3v) is 2.62. The number of aliphatic hydroxyl groups excluding tert-OH is 1. The molecule has 0 unspecified atom stereocenters. The zero-order valence-electron chi connectivity index (χ0n) is 9.38. The lowest BCUT2D eigenvalue weighted by Gasteiger charge is -2.09. The fourth-order valence-corrected chi connectivity index (χ4v) is 1.58. The van der Waals surface area contributed by atoms with Gasteiger partial charge >= 0.3 is 5.69 Å². The molecule has 0 aliphatic carbocycles. The summed E-state index contributed by atoms with van der Waals surface area (Å²) >= 11 is 0. The molecule has 0 aliphatic heterocycles. The number of hydrogen-bond acceptors (Lipinski definition) is 4. The molecular weight excluding hydrogens is 227 g/mol. The van der Waals surface area contributed by atoms with Crippen LogP contribution >= 0.6 is 0 Å². The summed E-state index contributed by atoms with van der Waals surface area (Å²) in [7, 11) is 1.46. The molecule has 1 N–H and O–H groups in total. The summed E-state index contributed by atoms with van der Waals surface area (Å²) in [4.78, 5) is 11.7. The molecule has 0 saturated heterocycles. The Morgan fingerprint density at radius 3 is 2.65 bits per heavy atom. The molecule has 90 valence electrons. The first-order chi connectivity index (χ1) is 8.06. The van der Waals surface area contributed by atoms with E-state index in [0.717, 1.165) is 9.36 Å². The van der Waals surface area contributed by atoms with Crippen LogP contribution in [0.4, 0.5) is 4.39 Å². The molecule has 0 saturated carbocycles. The van der Waals surface area contributed by atoms with E-state index in [2.05, 4.69) is 10.4 Å². The lowest BCUT2D eigenvalue weighted by atomic mass is 10.1. The Morgan fingerprint density at radius 2 is 2.12 bits per heavy atom. The minimum atomic E-state index is -0.453. The summed E-state index contributed by atoms with van der Waals surface area (Å²) in [5.41, 5.74) is 0.505. The predicted octanol–water partition coefficient (Wildman–Crippen LogP) is -0.0942. The fourth-order valence-electron chi connectivity index (χ4n) is 1.58. The quantitative estimate of drug-likeness (QED) is 0.793. The van der Waals surface area contributed by atoms with Crippen LogP contribution < -0.4 is 5.69 Å². The Morgan fingerprint density at radius 1 is 1.41 bits per heavy atom. The van der Waals surface area contributed by atoms with Gasteiger partial charge in [0.1, 0.15) is 5.82 Å². The fraction of sp³-hybridized carbons (Fsp3) is 0.300. The highest BCUT2D eigenvalue weighted by Gasteiger charge is 2.14. The average molecular weight is 238 g/mol. The van der Waals surface area contributed by atoms with Crippen molar-refractivity contribution in [2.45, 2.75) is 13.5 Å². The lowest BCUT2D eigenvalue weighted by Crippen LogP contribution is -2.23. The van der Waals surface area contributed by atoms with E-state index >= 15 is 0 Å². The van der Waals surface area contributed by atoms with Gasteiger partial charge in [0.15, 0.2) is 0 Å². The summed E-state index contributed by atoms with van der Waals surface area (Å²) in [6.07, 6.45) is 0. The van der Waals surface area contributed by atoms with Crippen molar-refractivity contribution in [3.05, 3.63) is 39.6 Å². The Labute approximate surface area is 95.9 Å². The molecule has 7 heteroatoms. The van der Waals surface area contributed by atoms with Crippen molar-refractivity contribution < 1.29 is 9.50 Å². The zero-order chi connectivity index (χ0) is 12.6. The molecular formula is C10H11FN4O2. The van der Waals surface area contributed by atoms with E-state index in [1.807, 2.05) is 0 Å². The second kappa shape index (κ2) is 4.10. The van der Waals surface area contributed by atoms with Crippen molar-refractivity contribution in [3.63, 3.8) is 0 Å². The first-order valence-electron chi connectivity index (χ1n) is 4.94. The van der Waals surface area contributed by atoms with Crippen molar-refractivity contribution >= 4 is 0 Å². The molecule has 0 radical (unpaired) electrons. The molecule has 0 fully saturated rings. The molecule has 0 spiro atoms. The van der Waals surface area contributed by atoms with Crippen LogP contribution in [0.3, 0.4) is 0 Å². The number of tetrazole rings is 1. The summed E-state index contributed by atoms with van der Waals surface area (Å²) in [6.45, 7) is 1.16. The summed E-state index contributed by atoms with van der Waals surface area (Å²) in [5, 5.41) is 16.5. The van der Waals surface area contributed by atoms with Gasteiger partial charge in [-0.3, -0.25) is 0 Å². The zero-order valence-corrected chi connectivity index (χ0v) is 9.38. The Bertz CT molecular complexity index is 617. The van der Waals surface area contributed by atoms with E-state index in [4.69, 9.17) is 0 Å². The topological polar surface area (TPSA) is 72.9 Å². The molecule has 17 heavy (non-hydrogen) atoms. The smallest absolute Gasteiger partial charge is 0.368 e. The van der Waals surface area contributed by atoms with Crippen LogP contribution in [0.15, 0.2) is 16.9 Å². The van der Waals surface area contributed by atoms with Crippen LogP contribution in [0.2, 0.25) is 0 Å². The minimum Gasteiger partial charge on any atom is -0.392 e. The van der Waals surface area contributed by atoms with Crippen molar-refractivity contribution in [3.8, 4) is 5.69 Å². The van der Waals surface area contributed by atoms with E-state index in [0.29, 0.717) is 16.8 Å². The van der Waals surface area contributed by atoms with Gasteiger partial charge in [0.25, 0.3) is 0 Å². The van der Waals surface area contributed by atoms with Crippen LogP contribution in [0.5, 0.6) is 0 Å². The van der Waals surface area contributed by atoms with Gasteiger partial charge in [-0.05, 0) is 35.0 Å². The molecule has 0 atom stereocenters. The average Bonchev–Trinajstić information content (AvgIpc) is 2.64. The van der Waals surface area contributed by atoms with E-state index in [-0.39, 0.29) is 6.61 Å². The Balaban J connectivity index is 2.72. The molecule has 1 aromatic carbocycles. The molecule has 2 rings (SSSR count). The second-order valence-corrected chi connectivity index (χ2v) is 3.63. The maximum absolute atomic E-state index is 13.3. The highest BCUT2D eigenvalue weighted by atomic mass is 19.1. The normalized spacial score (nSPS) is 10.8. The highest BCUT2D eigenvalue weighted by molar-refractivity contribution is 5.45. The third kappa shape index (κ3) is 1.74. The van der Waals surface area contributed by atoms with Gasteiger partial charge in [-0.1, -0.05) is 0 Å². The maximum atomic E-state index is 13.3. The largest absolute Gasteiger partial charge is 0.392 e. The molecule has 1 aromatic heterocycles. The monoisotopic (exact) mass is 238 g/mol. The molecule has 0 bridgehead atoms. The van der Waals surface area contributed by atoms with Crippen molar-refractivity contribution in [1.82, 2.24) is 19.8 Å². The minimum absolute atomic E-state index is 0.294. The van der Waals surface area contributed by atoms with Gasteiger partial charge < -0.3 is 5.11 Å². The highest BCUT2D eigenvalue weighted by Crippen LogP contribution is 2.19. The lowest BCUT2D eigenvalue weighted by molar-refractivity contribution is 0.279. The van der Waals surface area contributed by atoms with Crippen molar-refractivity contribution in [2.24, 2.45) is 7.05 Å². The number of rotatable bonds is 2. The van der Waals surface area contributed by atoms with Crippen molar-refractivity contribution in [1.29, 1.82) is 0 Å². The first-order valence-corrected chi connectivity index (χ1v) is 4.94.